The van der Waals surface area contributed by atoms with Crippen LogP contribution < -0.4 is 10.1 Å². The van der Waals surface area contributed by atoms with Gasteiger partial charge in [-0.2, -0.15) is 0 Å². The second kappa shape index (κ2) is 8.29. The summed E-state index contributed by atoms with van der Waals surface area (Å²) in [7, 11) is 1.37. The van der Waals surface area contributed by atoms with Crippen molar-refractivity contribution in [2.45, 2.75) is 25.0 Å². The maximum Gasteiger partial charge on any atom is 0.277 e. The van der Waals surface area contributed by atoms with E-state index >= 15 is 0 Å². The van der Waals surface area contributed by atoms with Crippen molar-refractivity contribution in [2.75, 3.05) is 18.2 Å². The van der Waals surface area contributed by atoms with E-state index in [4.69, 9.17) is 9.15 Å². The van der Waals surface area contributed by atoms with Crippen LogP contribution >= 0.6 is 11.8 Å². The molecule has 0 aliphatic rings. The van der Waals surface area contributed by atoms with Crippen molar-refractivity contribution in [3.63, 3.8) is 0 Å². The SMILES string of the molecule is CCCc1nnc(SCC(=O)Nc2ccc([N+](=O)[O-])cc2OC)o1. The molecule has 1 aromatic carbocycles. The van der Waals surface area contributed by atoms with E-state index in [1.54, 1.807) is 0 Å². The molecule has 0 bridgehead atoms. The minimum atomic E-state index is -0.534. The first-order chi connectivity index (χ1) is 11.5. The molecule has 0 radical (unpaired) electrons. The number of rotatable bonds is 8. The number of carbonyl (C=O) groups is 1. The van der Waals surface area contributed by atoms with Gasteiger partial charge in [0.25, 0.3) is 10.9 Å². The molecule has 1 aromatic heterocycles. The van der Waals surface area contributed by atoms with Crippen molar-refractivity contribution in [1.82, 2.24) is 10.2 Å². The van der Waals surface area contributed by atoms with Crippen LogP contribution in [0, 0.1) is 10.1 Å². The molecule has 0 saturated heterocycles. The second-order valence-electron chi connectivity index (χ2n) is 4.69. The Hall–Kier alpha value is -2.62. The molecule has 0 unspecified atom stereocenters. The molecule has 10 heteroatoms. The van der Waals surface area contributed by atoms with Crippen LogP contribution in [-0.4, -0.2) is 33.9 Å². The predicted molar refractivity (Wildman–Crippen MR) is 87.3 cm³/mol. The van der Waals surface area contributed by atoms with Crippen LogP contribution in [0.4, 0.5) is 11.4 Å². The number of nitro benzene ring substituents is 1. The number of nitrogens with one attached hydrogen (secondary N) is 1. The smallest absolute Gasteiger partial charge is 0.277 e. The second-order valence-corrected chi connectivity index (χ2v) is 5.62. The van der Waals surface area contributed by atoms with E-state index in [0.29, 0.717) is 23.2 Å². The van der Waals surface area contributed by atoms with Gasteiger partial charge in [0.1, 0.15) is 5.75 Å². The highest BCUT2D eigenvalue weighted by atomic mass is 32.2. The molecule has 0 spiro atoms. The predicted octanol–water partition coefficient (Wildman–Crippen LogP) is 2.67. The Balaban J connectivity index is 1.95. The average Bonchev–Trinajstić information content (AvgIpc) is 3.01. The number of anilines is 1. The summed E-state index contributed by atoms with van der Waals surface area (Å²) < 4.78 is 10.4. The van der Waals surface area contributed by atoms with E-state index in [2.05, 4.69) is 15.5 Å². The largest absolute Gasteiger partial charge is 0.494 e. The lowest BCUT2D eigenvalue weighted by Gasteiger charge is -2.09. The Labute approximate surface area is 141 Å². The number of aryl methyl sites for hydroxylation is 1. The number of thioether (sulfide) groups is 1. The van der Waals surface area contributed by atoms with Gasteiger partial charge in [0, 0.05) is 12.5 Å². The van der Waals surface area contributed by atoms with Crippen molar-refractivity contribution >= 4 is 29.0 Å². The zero-order chi connectivity index (χ0) is 17.5. The molecule has 9 nitrogen and oxygen atoms in total. The van der Waals surface area contributed by atoms with Gasteiger partial charge in [0.15, 0.2) is 0 Å². The van der Waals surface area contributed by atoms with E-state index in [9.17, 15) is 14.9 Å². The summed E-state index contributed by atoms with van der Waals surface area (Å²) in [6.07, 6.45) is 1.59. The molecule has 1 amide bonds. The van der Waals surface area contributed by atoms with Gasteiger partial charge in [-0.1, -0.05) is 18.7 Å². The molecule has 1 N–H and O–H groups in total. The molecule has 0 aliphatic heterocycles. The fourth-order valence-corrected chi connectivity index (χ4v) is 2.40. The van der Waals surface area contributed by atoms with Crippen LogP contribution in [0.1, 0.15) is 19.2 Å². The minimum absolute atomic E-state index is 0.0634. The molecular formula is C14H16N4O5S. The Morgan fingerprint density at radius 1 is 1.46 bits per heavy atom. The van der Waals surface area contributed by atoms with E-state index in [1.807, 2.05) is 6.92 Å². The summed E-state index contributed by atoms with van der Waals surface area (Å²) in [5.41, 5.74) is 0.236. The third kappa shape index (κ3) is 4.69. The molecular weight excluding hydrogens is 336 g/mol. The van der Waals surface area contributed by atoms with Crippen molar-refractivity contribution in [1.29, 1.82) is 0 Å². The topological polar surface area (TPSA) is 120 Å². The maximum atomic E-state index is 12.0. The number of aromatic nitrogens is 2. The number of nitro groups is 1. The lowest BCUT2D eigenvalue weighted by atomic mass is 10.2. The highest BCUT2D eigenvalue weighted by molar-refractivity contribution is 7.99. The highest BCUT2D eigenvalue weighted by Crippen LogP contribution is 2.29. The monoisotopic (exact) mass is 352 g/mol. The van der Waals surface area contributed by atoms with Gasteiger partial charge < -0.3 is 14.5 Å². The number of amides is 1. The van der Waals surface area contributed by atoms with E-state index in [-0.39, 0.29) is 23.1 Å². The molecule has 0 fully saturated rings. The van der Waals surface area contributed by atoms with Crippen LogP contribution in [0.25, 0.3) is 0 Å². The van der Waals surface area contributed by atoms with Gasteiger partial charge in [-0.15, -0.1) is 10.2 Å². The third-order valence-electron chi connectivity index (χ3n) is 2.91. The first kappa shape index (κ1) is 17.7. The standard InChI is InChI=1S/C14H16N4O5S/c1-3-4-13-16-17-14(23-13)24-8-12(19)15-10-6-5-9(18(20)21)7-11(10)22-2/h5-7H,3-4,8H2,1-2H3,(H,15,19). The molecule has 2 aromatic rings. The van der Waals surface area contributed by atoms with Crippen LogP contribution in [0.2, 0.25) is 0 Å². The summed E-state index contributed by atoms with van der Waals surface area (Å²) in [4.78, 5) is 22.2. The number of benzene rings is 1. The third-order valence-corrected chi connectivity index (χ3v) is 3.73. The molecule has 24 heavy (non-hydrogen) atoms. The Kier molecular flexibility index (Phi) is 6.13. The summed E-state index contributed by atoms with van der Waals surface area (Å²) in [6.45, 7) is 2.00. The number of hydrogen-bond acceptors (Lipinski definition) is 8. The van der Waals surface area contributed by atoms with E-state index in [0.717, 1.165) is 18.2 Å². The molecule has 128 valence electrons. The van der Waals surface area contributed by atoms with Crippen LogP contribution in [0.5, 0.6) is 5.75 Å². The molecule has 2 rings (SSSR count). The number of methoxy groups -OCH3 is 1. The van der Waals surface area contributed by atoms with E-state index in [1.165, 1.54) is 25.3 Å². The minimum Gasteiger partial charge on any atom is -0.494 e. The van der Waals surface area contributed by atoms with Gasteiger partial charge in [-0.25, -0.2) is 0 Å². The number of non-ortho nitro benzene ring substituents is 1. The average molecular weight is 352 g/mol. The van der Waals surface area contributed by atoms with Crippen molar-refractivity contribution in [3.05, 3.63) is 34.2 Å². The van der Waals surface area contributed by atoms with Gasteiger partial charge in [0.2, 0.25) is 11.8 Å². The summed E-state index contributed by atoms with van der Waals surface area (Å²) in [5, 5.41) is 21.4. The van der Waals surface area contributed by atoms with Crippen LogP contribution in [0.3, 0.4) is 0 Å². The first-order valence-corrected chi connectivity index (χ1v) is 8.09. The zero-order valence-corrected chi connectivity index (χ0v) is 14.0. The van der Waals surface area contributed by atoms with Crippen molar-refractivity contribution < 1.29 is 18.9 Å². The Morgan fingerprint density at radius 2 is 2.25 bits per heavy atom. The first-order valence-electron chi connectivity index (χ1n) is 7.11. The Bertz CT molecular complexity index is 734. The lowest BCUT2D eigenvalue weighted by Crippen LogP contribution is -2.14. The maximum absolute atomic E-state index is 12.0. The number of carbonyl (C=O) groups excluding carboxylic acids is 1. The summed E-state index contributed by atoms with van der Waals surface area (Å²) in [6, 6.07) is 3.96. The van der Waals surface area contributed by atoms with Crippen molar-refractivity contribution in [2.24, 2.45) is 0 Å². The molecule has 0 saturated carbocycles. The van der Waals surface area contributed by atoms with Crippen LogP contribution in [-0.2, 0) is 11.2 Å². The van der Waals surface area contributed by atoms with E-state index < -0.39 is 4.92 Å². The zero-order valence-electron chi connectivity index (χ0n) is 13.1. The number of ether oxygens (including phenoxy) is 1. The number of nitrogens with zero attached hydrogens (tertiary/aromatic N) is 3. The summed E-state index contributed by atoms with van der Waals surface area (Å²) >= 11 is 1.11. The molecule has 1 heterocycles. The van der Waals surface area contributed by atoms with Gasteiger partial charge >= 0.3 is 0 Å². The summed E-state index contributed by atoms with van der Waals surface area (Å²) in [5.74, 6) is 0.499. The van der Waals surface area contributed by atoms with Crippen LogP contribution in [0.15, 0.2) is 27.8 Å². The van der Waals surface area contributed by atoms with Gasteiger partial charge in [-0.3, -0.25) is 14.9 Å². The number of hydrogen-bond donors (Lipinski definition) is 1. The fourth-order valence-electron chi connectivity index (χ4n) is 1.82. The molecule has 0 atom stereocenters. The van der Waals surface area contributed by atoms with Gasteiger partial charge in [0.05, 0.1) is 29.5 Å². The normalized spacial score (nSPS) is 10.4. The Morgan fingerprint density at radius 3 is 2.92 bits per heavy atom. The molecule has 0 aliphatic carbocycles. The fraction of sp³-hybridized carbons (Fsp3) is 0.357. The van der Waals surface area contributed by atoms with Crippen molar-refractivity contribution in [3.8, 4) is 5.75 Å². The quantitative estimate of drug-likeness (QED) is 0.437. The highest BCUT2D eigenvalue weighted by Gasteiger charge is 2.14. The lowest BCUT2D eigenvalue weighted by molar-refractivity contribution is -0.384. The van der Waals surface area contributed by atoms with Gasteiger partial charge in [-0.05, 0) is 12.5 Å².